The largest absolute Gasteiger partial charge is 0.456 e. The Kier molecular flexibility index (Phi) is 10.3. The first-order valence-corrected chi connectivity index (χ1v) is 28.0. The van der Waals surface area contributed by atoms with Gasteiger partial charge < -0.3 is 18.0 Å². The molecule has 0 amide bonds. The summed E-state index contributed by atoms with van der Waals surface area (Å²) in [7, 11) is 0. The highest BCUT2D eigenvalue weighted by molar-refractivity contribution is 6.15. The van der Waals surface area contributed by atoms with Gasteiger partial charge in [0, 0.05) is 54.5 Å². The minimum Gasteiger partial charge on any atom is -0.456 e. The molecule has 0 aliphatic heterocycles. The van der Waals surface area contributed by atoms with Gasteiger partial charge in [0.15, 0.2) is 0 Å². The van der Waals surface area contributed by atoms with E-state index in [1.54, 1.807) is 0 Å². The first-order valence-electron chi connectivity index (χ1n) is 28.0. The monoisotopic (exact) mass is 1040 g/mol. The van der Waals surface area contributed by atoms with Crippen molar-refractivity contribution in [2.24, 2.45) is 0 Å². The van der Waals surface area contributed by atoms with Crippen LogP contribution in [0.2, 0.25) is 0 Å². The van der Waals surface area contributed by atoms with E-state index in [4.69, 9.17) is 8.83 Å². The van der Waals surface area contributed by atoms with Crippen molar-refractivity contribution >= 4 is 87.5 Å². The van der Waals surface area contributed by atoms with E-state index in [0.29, 0.717) is 0 Å². The van der Waals surface area contributed by atoms with E-state index in [9.17, 15) is 0 Å². The van der Waals surface area contributed by atoms with Gasteiger partial charge in [0.2, 0.25) is 0 Å². The molecule has 17 rings (SSSR count). The van der Waals surface area contributed by atoms with Gasteiger partial charge in [-0.1, -0.05) is 182 Å². The zero-order chi connectivity index (χ0) is 53.8. The maximum atomic E-state index is 6.31. The van der Waals surface area contributed by atoms with Crippen molar-refractivity contribution in [1.29, 1.82) is 0 Å². The number of nitrogens with zero attached hydrogens (tertiary/aromatic N) is 2. The summed E-state index contributed by atoms with van der Waals surface area (Å²) in [6.07, 6.45) is 0. The standard InChI is InChI=1S/C78H48N2O2/c1-3-15-49(16-4-1)55-29-35-71-65(43-55)66-44-56(30-36-72(66)79(71)59-33-39-77-69(47-59)63-25-9-11-27-75(63)81-77)53-21-13-19-51(41-53)52-20-14-22-54(42-52)57-31-37-73-67(45-57)68-46-58(62-24-8-7-23-61(62)50-17-5-2-6-18-50)32-38-74(68)80(73)60-34-40-78-70(48-60)64-26-10-12-28-76(64)82-78/h1-48H. The molecule has 0 unspecified atom stereocenters. The first kappa shape index (κ1) is 46.0. The summed E-state index contributed by atoms with van der Waals surface area (Å²) in [5.74, 6) is 0. The summed E-state index contributed by atoms with van der Waals surface area (Å²) in [6, 6.07) is 106. The van der Waals surface area contributed by atoms with Crippen molar-refractivity contribution < 1.29 is 8.83 Å². The molecule has 0 spiro atoms. The molecule has 17 aromatic rings. The van der Waals surface area contributed by atoms with Gasteiger partial charge in [-0.25, -0.2) is 0 Å². The topological polar surface area (TPSA) is 36.1 Å². The second kappa shape index (κ2) is 18.3. The van der Waals surface area contributed by atoms with Crippen LogP contribution in [0, 0.1) is 0 Å². The van der Waals surface area contributed by atoms with Gasteiger partial charge in [-0.15, -0.1) is 0 Å². The molecule has 82 heavy (non-hydrogen) atoms. The Morgan fingerprint density at radius 2 is 0.512 bits per heavy atom. The highest BCUT2D eigenvalue weighted by Crippen LogP contribution is 2.43. The molecule has 382 valence electrons. The molecule has 0 aliphatic rings. The number of rotatable bonds is 8. The van der Waals surface area contributed by atoms with Crippen molar-refractivity contribution in [2.75, 3.05) is 0 Å². The Hall–Kier alpha value is -10.9. The highest BCUT2D eigenvalue weighted by atomic mass is 16.3. The van der Waals surface area contributed by atoms with Gasteiger partial charge in [0.1, 0.15) is 22.3 Å². The minimum absolute atomic E-state index is 0.884. The van der Waals surface area contributed by atoms with Crippen molar-refractivity contribution in [3.05, 3.63) is 291 Å². The van der Waals surface area contributed by atoms with Gasteiger partial charge in [-0.3, -0.25) is 0 Å². The summed E-state index contributed by atoms with van der Waals surface area (Å²) in [6.45, 7) is 0. The van der Waals surface area contributed by atoms with E-state index in [2.05, 4.69) is 276 Å². The van der Waals surface area contributed by atoms with Crippen LogP contribution in [-0.4, -0.2) is 9.13 Å². The maximum Gasteiger partial charge on any atom is 0.135 e. The second-order valence-electron chi connectivity index (χ2n) is 21.6. The van der Waals surface area contributed by atoms with Crippen LogP contribution in [-0.2, 0) is 0 Å². The number of benzene rings is 13. The normalized spacial score (nSPS) is 11.9. The lowest BCUT2D eigenvalue weighted by Gasteiger charge is -2.11. The van der Waals surface area contributed by atoms with Gasteiger partial charge >= 0.3 is 0 Å². The Bertz CT molecular complexity index is 5400. The molecule has 0 radical (unpaired) electrons. The Labute approximate surface area is 472 Å². The molecule has 4 heteroatoms. The molecule has 0 saturated carbocycles. The predicted octanol–water partition coefficient (Wildman–Crippen LogP) is 21.7. The molecule has 4 heterocycles. The van der Waals surface area contributed by atoms with Crippen LogP contribution in [0.25, 0.3) is 166 Å². The Morgan fingerprint density at radius 3 is 0.976 bits per heavy atom. The highest BCUT2D eigenvalue weighted by Gasteiger charge is 2.20. The number of hydrogen-bond donors (Lipinski definition) is 0. The van der Waals surface area contributed by atoms with Crippen LogP contribution < -0.4 is 0 Å². The fourth-order valence-corrected chi connectivity index (χ4v) is 13.0. The third-order valence-corrected chi connectivity index (χ3v) is 16.9. The van der Waals surface area contributed by atoms with Crippen LogP contribution in [0.3, 0.4) is 0 Å². The molecule has 0 atom stereocenters. The maximum absolute atomic E-state index is 6.31. The number of para-hydroxylation sites is 2. The number of fused-ring (bicyclic) bond motifs is 12. The molecule has 4 nitrogen and oxygen atoms in total. The Morgan fingerprint density at radius 1 is 0.183 bits per heavy atom. The summed E-state index contributed by atoms with van der Waals surface area (Å²) in [5.41, 5.74) is 24.5. The lowest BCUT2D eigenvalue weighted by Crippen LogP contribution is -1.94. The van der Waals surface area contributed by atoms with E-state index < -0.39 is 0 Å². The van der Waals surface area contributed by atoms with Gasteiger partial charge in [-0.05, 0) is 176 Å². The predicted molar refractivity (Wildman–Crippen MR) is 342 cm³/mol. The molecule has 0 saturated heterocycles. The molecule has 0 fully saturated rings. The number of hydrogen-bond acceptors (Lipinski definition) is 2. The van der Waals surface area contributed by atoms with Crippen molar-refractivity contribution in [3.8, 4) is 78.1 Å². The van der Waals surface area contributed by atoms with E-state index in [1.807, 2.05) is 24.3 Å². The second-order valence-corrected chi connectivity index (χ2v) is 21.6. The van der Waals surface area contributed by atoms with Gasteiger partial charge in [0.05, 0.1) is 22.1 Å². The quantitative estimate of drug-likeness (QED) is 0.152. The summed E-state index contributed by atoms with van der Waals surface area (Å²) in [5, 5.41) is 9.25. The molecular formula is C78H48N2O2. The fourth-order valence-electron chi connectivity index (χ4n) is 13.0. The van der Waals surface area contributed by atoms with E-state index >= 15 is 0 Å². The van der Waals surface area contributed by atoms with Crippen molar-refractivity contribution in [1.82, 2.24) is 9.13 Å². The third-order valence-electron chi connectivity index (χ3n) is 16.9. The number of furan rings is 2. The number of aromatic nitrogens is 2. The van der Waals surface area contributed by atoms with E-state index in [1.165, 1.54) is 60.5 Å². The molecular weight excluding hydrogens is 997 g/mol. The fraction of sp³-hybridized carbons (Fsp3) is 0. The Balaban J connectivity index is 0.779. The molecule has 0 aliphatic carbocycles. The summed E-state index contributed by atoms with van der Waals surface area (Å²) < 4.78 is 17.4. The van der Waals surface area contributed by atoms with Crippen LogP contribution >= 0.6 is 0 Å². The van der Waals surface area contributed by atoms with E-state index in [0.717, 1.165) is 105 Å². The molecule has 0 bridgehead atoms. The van der Waals surface area contributed by atoms with Crippen LogP contribution in [0.5, 0.6) is 0 Å². The summed E-state index contributed by atoms with van der Waals surface area (Å²) in [4.78, 5) is 0. The minimum atomic E-state index is 0.884. The molecule has 4 aromatic heterocycles. The van der Waals surface area contributed by atoms with Crippen LogP contribution in [0.1, 0.15) is 0 Å². The smallest absolute Gasteiger partial charge is 0.135 e. The lowest BCUT2D eigenvalue weighted by molar-refractivity contribution is 0.668. The van der Waals surface area contributed by atoms with Crippen LogP contribution in [0.4, 0.5) is 0 Å². The molecule has 0 N–H and O–H groups in total. The zero-order valence-electron chi connectivity index (χ0n) is 44.4. The van der Waals surface area contributed by atoms with Gasteiger partial charge in [0.25, 0.3) is 0 Å². The zero-order valence-corrected chi connectivity index (χ0v) is 44.4. The van der Waals surface area contributed by atoms with Gasteiger partial charge in [-0.2, -0.15) is 0 Å². The lowest BCUT2D eigenvalue weighted by atomic mass is 9.93. The van der Waals surface area contributed by atoms with Crippen molar-refractivity contribution in [3.63, 3.8) is 0 Å². The van der Waals surface area contributed by atoms with Crippen molar-refractivity contribution in [2.45, 2.75) is 0 Å². The third kappa shape index (κ3) is 7.39. The average molecular weight is 1050 g/mol. The van der Waals surface area contributed by atoms with Crippen LogP contribution in [0.15, 0.2) is 300 Å². The summed E-state index contributed by atoms with van der Waals surface area (Å²) >= 11 is 0. The molecule has 13 aromatic carbocycles. The van der Waals surface area contributed by atoms with E-state index in [-0.39, 0.29) is 0 Å². The first-order chi connectivity index (χ1) is 40.6. The average Bonchev–Trinajstić information content (AvgIpc) is 3.47. The SMILES string of the molecule is c1ccc(-c2ccc3c(c2)c2cc(-c4cccc(-c5cccc(-c6ccc7c(c6)c6cc(-c8ccccc8-c8ccccc8)ccc6n7-c6ccc7oc8ccccc8c7c6)c5)c4)ccc2n3-c2ccc3oc4ccccc4c3c2)cc1.